The normalized spacial score (nSPS) is 35.2. The fraction of sp³-hybridized carbons (Fsp3) is 0.933. The third kappa shape index (κ3) is 5.09. The molecule has 9 heteroatoms. The van der Waals surface area contributed by atoms with Gasteiger partial charge in [-0.15, -0.1) is 0 Å². The van der Waals surface area contributed by atoms with Gasteiger partial charge >= 0.3 is 161 Å². The first-order chi connectivity index (χ1) is 11.5. The van der Waals surface area contributed by atoms with Gasteiger partial charge < -0.3 is 0 Å². The van der Waals surface area contributed by atoms with Crippen molar-refractivity contribution in [3.8, 4) is 0 Å². The molecule has 7 nitrogen and oxygen atoms in total. The van der Waals surface area contributed by atoms with E-state index in [9.17, 15) is 25.2 Å². The molecular weight excluding hydrogens is 489 g/mol. The van der Waals surface area contributed by atoms with Crippen molar-refractivity contribution in [2.45, 2.75) is 75.7 Å². The van der Waals surface area contributed by atoms with Crippen LogP contribution in [0.3, 0.4) is 0 Å². The van der Waals surface area contributed by atoms with E-state index >= 15 is 0 Å². The van der Waals surface area contributed by atoms with Gasteiger partial charge in [0.2, 0.25) is 0 Å². The molecule has 0 aromatic rings. The molecule has 0 bridgehead atoms. The number of carbonyl (C=O) groups is 1. The summed E-state index contributed by atoms with van der Waals surface area (Å²) in [4.78, 5) is 11.9. The second kappa shape index (κ2) is 9.02. The van der Waals surface area contributed by atoms with Crippen molar-refractivity contribution in [2.24, 2.45) is 11.8 Å². The summed E-state index contributed by atoms with van der Waals surface area (Å²) in [6, 6.07) is 0. The summed E-state index contributed by atoms with van der Waals surface area (Å²) in [6.45, 7) is 7.24. The van der Waals surface area contributed by atoms with Gasteiger partial charge in [-0.25, -0.2) is 0 Å². The van der Waals surface area contributed by atoms with Crippen LogP contribution in [0.1, 0.15) is 42.4 Å². The average molecular weight is 518 g/mol. The number of halogens is 1. The molecule has 140 valence electrons. The predicted molar refractivity (Wildman–Crippen MR) is 97.8 cm³/mol. The van der Waals surface area contributed by atoms with Gasteiger partial charge in [-0.1, -0.05) is 0 Å². The van der Waals surface area contributed by atoms with Gasteiger partial charge in [0, 0.05) is 0 Å². The molecule has 1 rings (SSSR count). The number of rotatable bonds is 7. The van der Waals surface area contributed by atoms with Crippen molar-refractivity contribution in [3.05, 3.63) is 0 Å². The van der Waals surface area contributed by atoms with Gasteiger partial charge in [-0.2, -0.15) is 0 Å². The van der Waals surface area contributed by atoms with Crippen LogP contribution in [0.25, 0.3) is 0 Å². The zero-order chi connectivity index (χ0) is 19.5. The zero-order valence-electron chi connectivity index (χ0n) is 15.4. The Labute approximate surface area is 160 Å². The molecule has 0 aromatic heterocycles. The van der Waals surface area contributed by atoms with Crippen LogP contribution in [0, 0.1) is 11.8 Å². The van der Waals surface area contributed by atoms with Crippen LogP contribution in [-0.2, 0) is 13.1 Å². The van der Waals surface area contributed by atoms with Crippen molar-refractivity contribution in [1.29, 1.82) is 0 Å². The molecule has 7 unspecified atom stereocenters. The van der Waals surface area contributed by atoms with Gasteiger partial charge in [0.15, 0.2) is 0 Å². The molecule has 1 aliphatic heterocycles. The number of carboxylic acids is 1. The Bertz CT molecular complexity index is 458. The Morgan fingerprint density at radius 2 is 2.04 bits per heavy atom. The maximum atomic E-state index is 11.9. The number of hydrogen-bond donors (Lipinski definition) is 4. The second-order valence-electron chi connectivity index (χ2n) is 6.90. The first-order valence-electron chi connectivity index (χ1n) is 8.74. The molecule has 0 radical (unpaired) electrons. The van der Waals surface area contributed by atoms with Gasteiger partial charge in [0.25, 0.3) is 0 Å². The summed E-state index contributed by atoms with van der Waals surface area (Å²) in [5, 5.41) is 40.1. The standard InChI is InChI=1S/C10H17O7.C5H11.Ga.HI/c1-4-6(12)3-10(16,9(14)15)17-8(4)7(13)5(2)11;1-4-5(2)3;;/h4-8,11-13H,3H2,1-2H3,(H,14,15);4-5H,1-3H3;;1H/q-1;;+2;/p-1/i2D;;;. The Morgan fingerprint density at radius 1 is 1.46 bits per heavy atom. The average Bonchev–Trinajstić information content (AvgIpc) is 2.55. The number of aliphatic hydroxyl groups is 3. The molecule has 4 N–H and O–H groups in total. The van der Waals surface area contributed by atoms with E-state index in [1.165, 1.54) is 0 Å². The number of ether oxygens (including phenoxy) is 1. The molecule has 0 spiro atoms. The summed E-state index contributed by atoms with van der Waals surface area (Å²) in [7, 11) is 0. The number of carboxylic acid groups (broad SMARTS) is 1. The molecule has 0 amide bonds. The summed E-state index contributed by atoms with van der Waals surface area (Å²) in [5.74, 6) is -3.66. The Balaban J connectivity index is 3.11. The molecular formula is C15H28GaIO7. The topological polar surface area (TPSA) is 116 Å². The Morgan fingerprint density at radius 3 is 2.50 bits per heavy atom. The van der Waals surface area contributed by atoms with Gasteiger partial charge in [0.1, 0.15) is 0 Å². The van der Waals surface area contributed by atoms with E-state index in [-0.39, 0.29) is 10.9 Å². The Hall–Kier alpha value is 0.636. The molecule has 1 aliphatic rings. The van der Waals surface area contributed by atoms with Gasteiger partial charge in [-0.3, -0.25) is 0 Å². The van der Waals surface area contributed by atoms with E-state index in [0.717, 1.165) is 0 Å². The summed E-state index contributed by atoms with van der Waals surface area (Å²) in [5.41, 5.74) is 0. The predicted octanol–water partition coefficient (Wildman–Crippen LogP) is 1.28. The second-order valence-corrected chi connectivity index (χ2v) is 17.5. The minimum atomic E-state index is -2.55. The van der Waals surface area contributed by atoms with Crippen molar-refractivity contribution in [2.75, 3.05) is 0 Å². The summed E-state index contributed by atoms with van der Waals surface area (Å²) < 4.78 is 19.0. The molecule has 1 fully saturated rings. The number of aliphatic carboxylic acids is 1. The van der Waals surface area contributed by atoms with E-state index in [0.29, 0.717) is 5.92 Å². The number of aliphatic hydroxyl groups excluding tert-OH is 3. The molecule has 0 aliphatic carbocycles. The van der Waals surface area contributed by atoms with Crippen LogP contribution in [0.4, 0.5) is 0 Å². The van der Waals surface area contributed by atoms with E-state index in [1.807, 2.05) is 20.8 Å². The summed E-state index contributed by atoms with van der Waals surface area (Å²) >= 11 is -0.366. The van der Waals surface area contributed by atoms with Crippen molar-refractivity contribution in [1.82, 2.24) is 0 Å². The van der Waals surface area contributed by atoms with Crippen LogP contribution in [0.5, 0.6) is 0 Å². The molecule has 7 atom stereocenters. The van der Waals surface area contributed by atoms with Crippen LogP contribution in [-0.4, -0.2) is 69.6 Å². The van der Waals surface area contributed by atoms with Crippen molar-refractivity contribution in [3.63, 3.8) is 0 Å². The van der Waals surface area contributed by atoms with Crippen LogP contribution in [0.2, 0.25) is 4.47 Å². The summed E-state index contributed by atoms with van der Waals surface area (Å²) in [6.07, 6.45) is -5.31. The monoisotopic (exact) mass is 517 g/mol. The fourth-order valence-electron chi connectivity index (χ4n) is 2.51. The molecule has 1 saturated heterocycles. The number of hydrogen-bond acceptors (Lipinski definition) is 6. The first kappa shape index (κ1) is 20.9. The van der Waals surface area contributed by atoms with E-state index in [2.05, 4.69) is 19.7 Å². The quantitative estimate of drug-likeness (QED) is 0.297. The minimum absolute atomic E-state index is 0.214. The SMILES string of the molecule is [2H]CC(O)C(O)C1OC([O][Ga]([I])[CH](C)C(C)C)(C(=O)O)CC(O)C1C. The fourth-order valence-corrected chi connectivity index (χ4v) is 12.0. The van der Waals surface area contributed by atoms with Crippen LogP contribution in [0.15, 0.2) is 0 Å². The van der Waals surface area contributed by atoms with Gasteiger partial charge in [0.05, 0.1) is 0 Å². The zero-order valence-corrected chi connectivity index (χ0v) is 19.0. The molecule has 1 heterocycles. The first-order valence-corrected chi connectivity index (χ1v) is 17.8. The van der Waals surface area contributed by atoms with Crippen LogP contribution >= 0.6 is 19.7 Å². The van der Waals surface area contributed by atoms with Crippen molar-refractivity contribution >= 4 is 38.7 Å². The van der Waals surface area contributed by atoms with E-state index in [4.69, 9.17) is 9.64 Å². The molecule has 0 saturated carbocycles. The third-order valence-corrected chi connectivity index (χ3v) is 16.6. The van der Waals surface area contributed by atoms with E-state index in [1.54, 1.807) is 6.92 Å². The van der Waals surface area contributed by atoms with Crippen LogP contribution < -0.4 is 0 Å². The van der Waals surface area contributed by atoms with Gasteiger partial charge in [-0.05, 0) is 0 Å². The molecule has 24 heavy (non-hydrogen) atoms. The third-order valence-electron chi connectivity index (χ3n) is 4.75. The maximum absolute atomic E-state index is 11.9. The Kier molecular flexibility index (Phi) is 7.87. The van der Waals surface area contributed by atoms with E-state index < -0.39 is 62.0 Å². The molecule has 0 aromatic carbocycles. The van der Waals surface area contributed by atoms with Crippen molar-refractivity contribution < 1.29 is 34.9 Å².